The van der Waals surface area contributed by atoms with Crippen molar-refractivity contribution in [1.82, 2.24) is 0 Å². The highest BCUT2D eigenvalue weighted by molar-refractivity contribution is 6.90. The molecule has 0 amide bonds. The molecule has 0 saturated carbocycles. The second-order valence-corrected chi connectivity index (χ2v) is 19.5. The maximum Gasteiger partial charge on any atom is 0.146 e. The first kappa shape index (κ1) is 39.1. The van der Waals surface area contributed by atoms with Crippen LogP contribution in [0, 0.1) is 35.1 Å². The molecule has 0 aliphatic heterocycles. The van der Waals surface area contributed by atoms with Crippen LogP contribution in [0.5, 0.6) is 11.5 Å². The molecule has 0 saturated heterocycles. The Morgan fingerprint density at radius 2 is 1.07 bits per heavy atom. The molecular weight excluding hydrogens is 581 g/mol. The van der Waals surface area contributed by atoms with Gasteiger partial charge in [-0.05, 0) is 67.6 Å². The van der Waals surface area contributed by atoms with Crippen molar-refractivity contribution >= 4 is 8.07 Å². The van der Waals surface area contributed by atoms with Crippen molar-refractivity contribution in [3.63, 3.8) is 0 Å². The van der Waals surface area contributed by atoms with E-state index in [-0.39, 0.29) is 0 Å². The number of aliphatic hydroxyl groups is 1. The molecule has 2 aromatic carbocycles. The highest BCUT2D eigenvalue weighted by Crippen LogP contribution is 2.40. The molecule has 0 aliphatic carbocycles. The lowest BCUT2D eigenvalue weighted by Gasteiger charge is -2.38. The summed E-state index contributed by atoms with van der Waals surface area (Å²) in [5.41, 5.74) is 7.96. The summed E-state index contributed by atoms with van der Waals surface area (Å²) in [6.45, 7) is 23.1. The topological polar surface area (TPSA) is 38.7 Å². The lowest BCUT2D eigenvalue weighted by Crippen LogP contribution is -2.43. The van der Waals surface area contributed by atoms with E-state index in [1.807, 2.05) is 12.1 Å². The van der Waals surface area contributed by atoms with E-state index in [2.05, 4.69) is 115 Å². The molecule has 0 unspecified atom stereocenters. The number of hydrogen-bond donors (Lipinski definition) is 1. The van der Waals surface area contributed by atoms with E-state index in [4.69, 9.17) is 9.47 Å². The first-order valence-corrected chi connectivity index (χ1v) is 19.9. The summed E-state index contributed by atoms with van der Waals surface area (Å²) >= 11 is 0. The van der Waals surface area contributed by atoms with Crippen LogP contribution in [0.3, 0.4) is 0 Å². The quantitative estimate of drug-likeness (QED) is 0.120. The first-order valence-electron chi connectivity index (χ1n) is 17.7. The van der Waals surface area contributed by atoms with Gasteiger partial charge in [0.1, 0.15) is 25.2 Å². The van der Waals surface area contributed by atoms with Crippen molar-refractivity contribution in [2.75, 3.05) is 13.2 Å². The standard InChI is InChI=1S/C42H60O3Si/c1-11-13-15-17-28-44-40-32-39(25-27-42(9,10)43)41(45-29-18-16-14-12-2)31-38(40)24-23-36-19-21-37(22-20-36)26-30-46(33(3)4,34(5)6)35(7)8/h19-22,31-35,43H,11-18,28-29H2,1-10H3. The van der Waals surface area contributed by atoms with Crippen molar-refractivity contribution in [3.8, 4) is 46.6 Å². The van der Waals surface area contributed by atoms with Gasteiger partial charge in [0.2, 0.25) is 0 Å². The highest BCUT2D eigenvalue weighted by Gasteiger charge is 2.41. The van der Waals surface area contributed by atoms with Gasteiger partial charge in [0, 0.05) is 23.3 Å². The van der Waals surface area contributed by atoms with E-state index in [0.717, 1.165) is 42.4 Å². The summed E-state index contributed by atoms with van der Waals surface area (Å²) in [7, 11) is -1.79. The van der Waals surface area contributed by atoms with E-state index in [9.17, 15) is 5.11 Å². The van der Waals surface area contributed by atoms with Gasteiger partial charge in [-0.2, -0.15) is 0 Å². The van der Waals surface area contributed by atoms with Gasteiger partial charge in [-0.1, -0.05) is 124 Å². The van der Waals surface area contributed by atoms with Gasteiger partial charge in [-0.3, -0.25) is 0 Å². The van der Waals surface area contributed by atoms with Gasteiger partial charge in [0.25, 0.3) is 0 Å². The number of hydrogen-bond acceptors (Lipinski definition) is 3. The van der Waals surface area contributed by atoms with Gasteiger partial charge < -0.3 is 14.6 Å². The van der Waals surface area contributed by atoms with E-state index in [0.29, 0.717) is 46.9 Å². The third-order valence-corrected chi connectivity index (χ3v) is 14.9. The fourth-order valence-corrected chi connectivity index (χ4v) is 11.3. The summed E-state index contributed by atoms with van der Waals surface area (Å²) in [4.78, 5) is 0. The zero-order valence-corrected chi connectivity index (χ0v) is 31.5. The van der Waals surface area contributed by atoms with Crippen LogP contribution < -0.4 is 9.47 Å². The fraction of sp³-hybridized carbons (Fsp3) is 0.571. The Kier molecular flexibility index (Phi) is 16.6. The summed E-state index contributed by atoms with van der Waals surface area (Å²) in [6, 6.07) is 12.2. The van der Waals surface area contributed by atoms with E-state index < -0.39 is 13.7 Å². The third-order valence-electron chi connectivity index (χ3n) is 8.61. The summed E-state index contributed by atoms with van der Waals surface area (Å²) in [6.07, 6.45) is 8.96. The van der Waals surface area contributed by atoms with Crippen molar-refractivity contribution < 1.29 is 14.6 Å². The molecule has 1 N–H and O–H groups in total. The second kappa shape index (κ2) is 19.5. The Bertz CT molecular complexity index is 1370. The molecule has 0 aromatic heterocycles. The van der Waals surface area contributed by atoms with Crippen molar-refractivity contribution in [2.24, 2.45) is 0 Å². The lowest BCUT2D eigenvalue weighted by atomic mass is 10.1. The molecule has 0 heterocycles. The summed E-state index contributed by atoms with van der Waals surface area (Å²) in [5.74, 6) is 17.7. The van der Waals surface area contributed by atoms with Crippen LogP contribution in [-0.2, 0) is 0 Å². The monoisotopic (exact) mass is 640 g/mol. The predicted molar refractivity (Wildman–Crippen MR) is 199 cm³/mol. The van der Waals surface area contributed by atoms with Crippen molar-refractivity contribution in [2.45, 2.75) is 143 Å². The summed E-state index contributed by atoms with van der Waals surface area (Å²) in [5, 5.41) is 10.3. The van der Waals surface area contributed by atoms with Crippen LogP contribution in [0.1, 0.15) is 143 Å². The zero-order chi connectivity index (χ0) is 34.2. The highest BCUT2D eigenvalue weighted by atomic mass is 28.3. The maximum absolute atomic E-state index is 10.3. The minimum Gasteiger partial charge on any atom is -0.492 e. The van der Waals surface area contributed by atoms with Crippen LogP contribution in [0.2, 0.25) is 16.6 Å². The molecule has 0 atom stereocenters. The van der Waals surface area contributed by atoms with Gasteiger partial charge in [-0.15, -0.1) is 5.54 Å². The molecule has 0 fully saturated rings. The number of rotatable bonds is 15. The molecule has 3 nitrogen and oxygen atoms in total. The van der Waals surface area contributed by atoms with Gasteiger partial charge in [-0.25, -0.2) is 0 Å². The lowest BCUT2D eigenvalue weighted by molar-refractivity contribution is 0.143. The van der Waals surface area contributed by atoms with Gasteiger partial charge >= 0.3 is 0 Å². The number of benzene rings is 2. The maximum atomic E-state index is 10.3. The van der Waals surface area contributed by atoms with E-state index in [1.165, 1.54) is 25.7 Å². The summed E-state index contributed by atoms with van der Waals surface area (Å²) < 4.78 is 12.6. The number of ether oxygens (including phenoxy) is 2. The second-order valence-electron chi connectivity index (χ2n) is 13.9. The smallest absolute Gasteiger partial charge is 0.146 e. The van der Waals surface area contributed by atoms with Crippen LogP contribution in [-0.4, -0.2) is 32.0 Å². The molecule has 46 heavy (non-hydrogen) atoms. The first-order chi connectivity index (χ1) is 21.8. The Balaban J connectivity index is 2.47. The van der Waals surface area contributed by atoms with Crippen molar-refractivity contribution in [1.29, 1.82) is 0 Å². The molecule has 250 valence electrons. The van der Waals surface area contributed by atoms with Crippen LogP contribution in [0.15, 0.2) is 36.4 Å². The van der Waals surface area contributed by atoms with E-state index >= 15 is 0 Å². The number of unbranched alkanes of at least 4 members (excludes halogenated alkanes) is 6. The Labute approximate surface area is 283 Å². The Morgan fingerprint density at radius 1 is 0.630 bits per heavy atom. The average molecular weight is 641 g/mol. The Morgan fingerprint density at radius 3 is 1.48 bits per heavy atom. The molecule has 2 rings (SSSR count). The van der Waals surface area contributed by atoms with Gasteiger partial charge in [0.05, 0.1) is 24.3 Å². The van der Waals surface area contributed by atoms with Crippen molar-refractivity contribution in [3.05, 3.63) is 58.7 Å². The average Bonchev–Trinajstić information content (AvgIpc) is 2.99. The van der Waals surface area contributed by atoms with Gasteiger partial charge in [0.15, 0.2) is 0 Å². The van der Waals surface area contributed by atoms with Crippen LogP contribution >= 0.6 is 0 Å². The fourth-order valence-electron chi connectivity index (χ4n) is 6.03. The molecular formula is C42H60O3Si. The molecule has 0 bridgehead atoms. The molecule has 0 spiro atoms. The SMILES string of the molecule is CCCCCCOc1cc(C#CC(C)(C)O)c(OCCCCCC)cc1C#Cc1ccc(C#C[Si](C(C)C)(C(C)C)C(C)C)cc1. The molecule has 0 radical (unpaired) electrons. The van der Waals surface area contributed by atoms with E-state index in [1.54, 1.807) is 13.8 Å². The normalized spacial score (nSPS) is 11.4. The predicted octanol–water partition coefficient (Wildman–Crippen LogP) is 10.7. The van der Waals surface area contributed by atoms with Crippen LogP contribution in [0.4, 0.5) is 0 Å². The molecule has 2 aromatic rings. The zero-order valence-electron chi connectivity index (χ0n) is 30.5. The molecule has 0 aliphatic rings. The molecule has 4 heteroatoms. The van der Waals surface area contributed by atoms with Crippen LogP contribution in [0.25, 0.3) is 0 Å². The Hall–Kier alpha value is -3.10. The largest absolute Gasteiger partial charge is 0.492 e. The minimum absolute atomic E-state index is 0.603. The minimum atomic E-state index is -1.79. The third kappa shape index (κ3) is 12.6.